The number of carbonyl (C=O) groups is 2. The number of ether oxygens (including phenoxy) is 2. The number of hydrogen-bond donors (Lipinski definition) is 0. The first-order valence-electron chi connectivity index (χ1n) is 11.5. The summed E-state index contributed by atoms with van der Waals surface area (Å²) >= 11 is 1.57. The van der Waals surface area contributed by atoms with Crippen LogP contribution in [-0.2, 0) is 14.3 Å². The summed E-state index contributed by atoms with van der Waals surface area (Å²) in [6.07, 6.45) is 1.59. The lowest BCUT2D eigenvalue weighted by Crippen LogP contribution is -2.45. The number of amides is 1. The Hall–Kier alpha value is -2.51. The minimum absolute atomic E-state index is 0.176. The fourth-order valence-corrected chi connectivity index (χ4v) is 5.74. The van der Waals surface area contributed by atoms with Gasteiger partial charge in [-0.3, -0.25) is 9.59 Å². The van der Waals surface area contributed by atoms with E-state index in [2.05, 4.69) is 18.9 Å². The maximum absolute atomic E-state index is 13.9. The first-order chi connectivity index (χ1) is 15.9. The van der Waals surface area contributed by atoms with Crippen LogP contribution in [0.15, 0.2) is 53.4 Å². The van der Waals surface area contributed by atoms with Gasteiger partial charge in [-0.1, -0.05) is 31.2 Å². The molecule has 0 N–H and O–H groups in total. The molecule has 0 radical (unpaired) electrons. The van der Waals surface area contributed by atoms with Crippen molar-refractivity contribution in [2.75, 3.05) is 32.1 Å². The van der Waals surface area contributed by atoms with Crippen molar-refractivity contribution in [1.29, 1.82) is 0 Å². The number of fused-ring (bicyclic) bond motifs is 1. The summed E-state index contributed by atoms with van der Waals surface area (Å²) in [5.74, 6) is 0.376. The molecule has 0 saturated heterocycles. The molecular formula is C26H32N2O4S. The van der Waals surface area contributed by atoms with E-state index in [9.17, 15) is 9.59 Å². The van der Waals surface area contributed by atoms with Gasteiger partial charge in [0.25, 0.3) is 5.91 Å². The summed E-state index contributed by atoms with van der Waals surface area (Å²) in [5.41, 5.74) is 1.79. The molecule has 1 unspecified atom stereocenters. The van der Waals surface area contributed by atoms with Crippen molar-refractivity contribution in [3.8, 4) is 5.75 Å². The molecule has 1 heterocycles. The third kappa shape index (κ3) is 5.53. The number of hydrogen-bond acceptors (Lipinski definition) is 6. The Kier molecular flexibility index (Phi) is 7.29. The molecule has 0 spiro atoms. The van der Waals surface area contributed by atoms with Crippen LogP contribution in [0.5, 0.6) is 5.75 Å². The highest BCUT2D eigenvalue weighted by atomic mass is 32.2. The highest BCUT2D eigenvalue weighted by Gasteiger charge is 2.41. The SMILES string of the molecule is COc1ccc([C@@H]2Sc3ccccc3N(CC(C)CN(C)C3CC3)C(=O)[C@@H]2OC(C)=O)cc1. The van der Waals surface area contributed by atoms with Gasteiger partial charge in [-0.25, -0.2) is 0 Å². The van der Waals surface area contributed by atoms with Gasteiger partial charge in [0.05, 0.1) is 18.0 Å². The van der Waals surface area contributed by atoms with Gasteiger partial charge in [0.1, 0.15) is 5.75 Å². The number of para-hydroxylation sites is 1. The second kappa shape index (κ2) is 10.2. The zero-order chi connectivity index (χ0) is 23.5. The molecule has 176 valence electrons. The lowest BCUT2D eigenvalue weighted by Gasteiger charge is -2.30. The minimum Gasteiger partial charge on any atom is -0.497 e. The van der Waals surface area contributed by atoms with Gasteiger partial charge >= 0.3 is 5.97 Å². The summed E-state index contributed by atoms with van der Waals surface area (Å²) in [6, 6.07) is 16.2. The van der Waals surface area contributed by atoms with Crippen LogP contribution >= 0.6 is 11.8 Å². The average molecular weight is 469 g/mol. The molecule has 6 nitrogen and oxygen atoms in total. The van der Waals surface area contributed by atoms with Crippen molar-refractivity contribution in [2.24, 2.45) is 5.92 Å². The van der Waals surface area contributed by atoms with E-state index < -0.39 is 12.1 Å². The van der Waals surface area contributed by atoms with Crippen molar-refractivity contribution in [1.82, 2.24) is 4.90 Å². The van der Waals surface area contributed by atoms with E-state index in [1.54, 1.807) is 18.9 Å². The first kappa shape index (κ1) is 23.6. The van der Waals surface area contributed by atoms with Crippen molar-refractivity contribution in [2.45, 2.75) is 49.0 Å². The van der Waals surface area contributed by atoms with Gasteiger partial charge in [-0.2, -0.15) is 0 Å². The Morgan fingerprint density at radius 3 is 2.52 bits per heavy atom. The predicted octanol–water partition coefficient (Wildman–Crippen LogP) is 4.54. The monoisotopic (exact) mass is 468 g/mol. The number of rotatable bonds is 8. The molecule has 4 rings (SSSR count). The third-order valence-corrected chi connectivity index (χ3v) is 7.57. The molecule has 33 heavy (non-hydrogen) atoms. The van der Waals surface area contributed by atoms with Crippen LogP contribution in [0.1, 0.15) is 37.5 Å². The van der Waals surface area contributed by atoms with E-state index in [0.717, 1.165) is 28.4 Å². The highest BCUT2D eigenvalue weighted by molar-refractivity contribution is 7.99. The lowest BCUT2D eigenvalue weighted by atomic mass is 10.0. The van der Waals surface area contributed by atoms with E-state index in [1.165, 1.54) is 19.8 Å². The van der Waals surface area contributed by atoms with Crippen molar-refractivity contribution in [3.05, 3.63) is 54.1 Å². The van der Waals surface area contributed by atoms with Gasteiger partial charge in [-0.05, 0) is 55.6 Å². The molecule has 1 saturated carbocycles. The van der Waals surface area contributed by atoms with Crippen LogP contribution < -0.4 is 9.64 Å². The molecule has 7 heteroatoms. The zero-order valence-electron chi connectivity index (χ0n) is 19.7. The Morgan fingerprint density at radius 1 is 1.18 bits per heavy atom. The smallest absolute Gasteiger partial charge is 0.303 e. The van der Waals surface area contributed by atoms with Crippen molar-refractivity contribution in [3.63, 3.8) is 0 Å². The number of esters is 1. The van der Waals surface area contributed by atoms with Crippen LogP contribution in [0, 0.1) is 5.92 Å². The van der Waals surface area contributed by atoms with Crippen LogP contribution in [0.4, 0.5) is 5.69 Å². The van der Waals surface area contributed by atoms with Crippen molar-refractivity contribution >= 4 is 29.3 Å². The standard InChI is InChI=1S/C26H32N2O4S/c1-17(15-27(3)20-11-12-20)16-28-22-7-5-6-8-23(22)33-25(24(26(28)30)32-18(2)29)19-9-13-21(31-4)14-10-19/h5-10,13-14,17,20,24-25H,11-12,15-16H2,1-4H3/t17?,24-,25+/m1/s1. The van der Waals surface area contributed by atoms with Gasteiger partial charge in [0.2, 0.25) is 0 Å². The summed E-state index contributed by atoms with van der Waals surface area (Å²) in [4.78, 5) is 31.2. The largest absolute Gasteiger partial charge is 0.497 e. The van der Waals surface area contributed by atoms with Crippen LogP contribution in [0.25, 0.3) is 0 Å². The number of carbonyl (C=O) groups excluding carboxylic acids is 2. The van der Waals surface area contributed by atoms with Crippen LogP contribution in [-0.4, -0.2) is 56.2 Å². The number of thioether (sulfide) groups is 1. The summed E-state index contributed by atoms with van der Waals surface area (Å²) in [5, 5.41) is -0.358. The van der Waals surface area contributed by atoms with Crippen LogP contribution in [0.2, 0.25) is 0 Å². The quantitative estimate of drug-likeness (QED) is 0.530. The van der Waals surface area contributed by atoms with Gasteiger partial charge < -0.3 is 19.3 Å². The second-order valence-electron chi connectivity index (χ2n) is 9.03. The molecule has 1 fully saturated rings. The Bertz CT molecular complexity index is 992. The Labute approximate surface area is 200 Å². The van der Waals surface area contributed by atoms with Crippen molar-refractivity contribution < 1.29 is 19.1 Å². The molecule has 3 atom stereocenters. The van der Waals surface area contributed by atoms with E-state index in [0.29, 0.717) is 12.6 Å². The molecular weight excluding hydrogens is 436 g/mol. The summed E-state index contributed by atoms with van der Waals surface area (Å²) in [7, 11) is 3.78. The number of anilines is 1. The van der Waals surface area contributed by atoms with E-state index in [4.69, 9.17) is 9.47 Å². The van der Waals surface area contributed by atoms with Gasteiger partial charge in [0, 0.05) is 31.0 Å². The normalized spacial score (nSPS) is 21.4. The van der Waals surface area contributed by atoms with E-state index in [-0.39, 0.29) is 17.1 Å². The maximum Gasteiger partial charge on any atom is 0.303 e. The maximum atomic E-state index is 13.9. The molecule has 0 bridgehead atoms. The lowest BCUT2D eigenvalue weighted by molar-refractivity contribution is -0.152. The number of benzene rings is 2. The Balaban J connectivity index is 1.67. The molecule has 1 aliphatic carbocycles. The topological polar surface area (TPSA) is 59.1 Å². The molecule has 2 aliphatic rings. The summed E-state index contributed by atoms with van der Waals surface area (Å²) in [6.45, 7) is 5.03. The molecule has 2 aromatic rings. The molecule has 2 aromatic carbocycles. The summed E-state index contributed by atoms with van der Waals surface area (Å²) < 4.78 is 11.0. The minimum atomic E-state index is -0.915. The molecule has 1 aliphatic heterocycles. The van der Waals surface area contributed by atoms with Crippen LogP contribution in [0.3, 0.4) is 0 Å². The third-order valence-electron chi connectivity index (χ3n) is 6.20. The van der Waals surface area contributed by atoms with Gasteiger partial charge in [-0.15, -0.1) is 11.8 Å². The van der Waals surface area contributed by atoms with E-state index >= 15 is 0 Å². The predicted molar refractivity (Wildman–Crippen MR) is 131 cm³/mol. The Morgan fingerprint density at radius 2 is 1.88 bits per heavy atom. The second-order valence-corrected chi connectivity index (χ2v) is 10.2. The van der Waals surface area contributed by atoms with E-state index in [1.807, 2.05) is 53.4 Å². The number of nitrogens with zero attached hydrogens (tertiary/aromatic N) is 2. The first-order valence-corrected chi connectivity index (χ1v) is 12.3. The molecule has 0 aromatic heterocycles. The average Bonchev–Trinajstić information content (AvgIpc) is 3.65. The van der Waals surface area contributed by atoms with Gasteiger partial charge in [0.15, 0.2) is 6.10 Å². The fraction of sp³-hybridized carbons (Fsp3) is 0.462. The highest BCUT2D eigenvalue weighted by Crippen LogP contribution is 2.47. The zero-order valence-corrected chi connectivity index (χ0v) is 20.5. The fourth-order valence-electron chi connectivity index (χ4n) is 4.42. The number of methoxy groups -OCH3 is 1. The molecule has 1 amide bonds.